The number of nitrogens with two attached hydrogens (primary N) is 1. The maximum atomic E-state index is 15.9. The second-order valence-corrected chi connectivity index (χ2v) is 12.7. The number of Topliss-reactive ketones (excluding diaryl/α,β-unsaturated/α-hetero) is 2. The molecule has 41 heavy (non-hydrogen) atoms. The van der Waals surface area contributed by atoms with Crippen molar-refractivity contribution in [1.29, 1.82) is 0 Å². The highest BCUT2D eigenvalue weighted by Gasteiger charge is 2.63. The lowest BCUT2D eigenvalue weighted by Gasteiger charge is -2.50. The van der Waals surface area contributed by atoms with Gasteiger partial charge in [0.25, 0.3) is 5.91 Å². The number of benzene rings is 1. The lowest BCUT2D eigenvalue weighted by Crippen LogP contribution is -2.63. The zero-order valence-corrected chi connectivity index (χ0v) is 24.2. The molecule has 1 amide bonds. The molecule has 1 aromatic carbocycles. The molecular formula is C29H39FN4O7. The van der Waals surface area contributed by atoms with Crippen molar-refractivity contribution in [3.63, 3.8) is 0 Å². The first kappa shape index (κ1) is 30.6. The van der Waals surface area contributed by atoms with Crippen LogP contribution in [-0.2, 0) is 22.6 Å². The van der Waals surface area contributed by atoms with Gasteiger partial charge < -0.3 is 36.4 Å². The number of allylic oxidation sites excluding steroid dienone is 1. The van der Waals surface area contributed by atoms with Gasteiger partial charge in [-0.3, -0.25) is 19.3 Å². The van der Waals surface area contributed by atoms with E-state index in [4.69, 9.17) is 5.73 Å². The lowest BCUT2D eigenvalue weighted by molar-refractivity contribution is -0.148. The average Bonchev–Trinajstić information content (AvgIpc) is 2.82. The Balaban J connectivity index is 1.75. The van der Waals surface area contributed by atoms with E-state index >= 15 is 4.39 Å². The first-order chi connectivity index (χ1) is 18.9. The molecule has 0 bridgehead atoms. The summed E-state index contributed by atoms with van der Waals surface area (Å²) in [6, 6.07) is 0.0514. The van der Waals surface area contributed by atoms with Crippen LogP contribution in [0.3, 0.4) is 0 Å². The van der Waals surface area contributed by atoms with Gasteiger partial charge in [-0.15, -0.1) is 0 Å². The van der Waals surface area contributed by atoms with Crippen LogP contribution < -0.4 is 11.1 Å². The molecule has 0 spiro atoms. The number of phenolic OH excluding ortho intramolecular Hbond substituents is 1. The predicted molar refractivity (Wildman–Crippen MR) is 148 cm³/mol. The average molecular weight is 575 g/mol. The van der Waals surface area contributed by atoms with Crippen LogP contribution in [0.4, 0.5) is 4.39 Å². The number of carbonyl (C=O) groups is 3. The van der Waals surface area contributed by atoms with Crippen molar-refractivity contribution in [2.24, 2.45) is 23.0 Å². The van der Waals surface area contributed by atoms with Crippen molar-refractivity contribution >= 4 is 17.5 Å². The summed E-state index contributed by atoms with van der Waals surface area (Å²) in [6.07, 6.45) is -0.207. The summed E-state index contributed by atoms with van der Waals surface area (Å²) in [7, 11) is 7.02. The van der Waals surface area contributed by atoms with Crippen LogP contribution in [0.15, 0.2) is 28.7 Å². The minimum atomic E-state index is -2.73. The van der Waals surface area contributed by atoms with E-state index in [0.29, 0.717) is 6.54 Å². The van der Waals surface area contributed by atoms with E-state index in [1.807, 2.05) is 14.1 Å². The molecule has 0 unspecified atom stereocenters. The number of halogens is 1. The topological polar surface area (TPSA) is 177 Å². The van der Waals surface area contributed by atoms with E-state index < -0.39 is 69.6 Å². The zero-order chi connectivity index (χ0) is 30.8. The number of primary amides is 1. The number of aromatic hydroxyl groups is 1. The number of rotatable bonds is 8. The standard InChI is InChI=1S/C29H39FN4O7/c1-28(2,12-33(3)4)11-32-10-14-9-17(35)19-15(21(14)30)7-13-8-16-22(34(5)6)24(37)20(27(31)40)26(39)29(16,41)25(38)18(13)23(19)36/h9,13,16,22,32,35,37-38,41H,7-8,10-12H2,1-6H3,(H2,31,40)/t13-,16-,22-,29-/m0/s1. The van der Waals surface area contributed by atoms with E-state index in [0.717, 1.165) is 12.6 Å². The summed E-state index contributed by atoms with van der Waals surface area (Å²) in [5.41, 5.74) is 1.09. The number of hydrogen-bond acceptors (Lipinski definition) is 10. The van der Waals surface area contributed by atoms with Crippen LogP contribution in [0.5, 0.6) is 5.75 Å². The van der Waals surface area contributed by atoms with Gasteiger partial charge in [0.05, 0.1) is 11.6 Å². The van der Waals surface area contributed by atoms with Gasteiger partial charge >= 0.3 is 0 Å². The van der Waals surface area contributed by atoms with Crippen LogP contribution in [0.1, 0.15) is 41.8 Å². The van der Waals surface area contributed by atoms with E-state index in [2.05, 4.69) is 24.1 Å². The molecule has 4 atom stereocenters. The summed E-state index contributed by atoms with van der Waals surface area (Å²) in [5, 5.41) is 47.8. The molecule has 7 N–H and O–H groups in total. The van der Waals surface area contributed by atoms with Crippen molar-refractivity contribution in [3.8, 4) is 5.75 Å². The van der Waals surface area contributed by atoms with Gasteiger partial charge in [-0.1, -0.05) is 13.8 Å². The normalized spacial score (nSPS) is 26.4. The number of amides is 1. The van der Waals surface area contributed by atoms with Gasteiger partial charge in [0, 0.05) is 42.3 Å². The minimum Gasteiger partial charge on any atom is -0.510 e. The third kappa shape index (κ3) is 4.92. The molecule has 3 aliphatic carbocycles. The van der Waals surface area contributed by atoms with E-state index in [1.54, 1.807) is 14.1 Å². The lowest BCUT2D eigenvalue weighted by atomic mass is 9.58. The van der Waals surface area contributed by atoms with Crippen LogP contribution in [0.25, 0.3) is 0 Å². The van der Waals surface area contributed by atoms with Gasteiger partial charge in [-0.2, -0.15) is 0 Å². The highest BCUT2D eigenvalue weighted by atomic mass is 19.1. The number of aliphatic hydroxyl groups is 3. The summed E-state index contributed by atoms with van der Waals surface area (Å²) < 4.78 is 15.9. The second-order valence-electron chi connectivity index (χ2n) is 12.7. The summed E-state index contributed by atoms with van der Waals surface area (Å²) in [5.74, 6) is -8.32. The third-order valence-corrected chi connectivity index (χ3v) is 8.39. The highest BCUT2D eigenvalue weighted by molar-refractivity contribution is 6.24. The SMILES string of the molecule is CN(C)CC(C)(C)CNCc1cc(O)c2c(c1F)C[C@H]1C[C@H]3[C@H](N(C)C)C(O)=C(C(N)=O)C(=O)[C@@]3(O)C(O)=C1C2=O. The fourth-order valence-electron chi connectivity index (χ4n) is 6.93. The maximum Gasteiger partial charge on any atom is 0.255 e. The molecule has 0 saturated carbocycles. The number of aliphatic hydroxyl groups excluding tert-OH is 2. The molecule has 0 aromatic heterocycles. The Bertz CT molecular complexity index is 1380. The smallest absolute Gasteiger partial charge is 0.255 e. The minimum absolute atomic E-state index is 0.0209. The molecule has 0 radical (unpaired) electrons. The third-order valence-electron chi connectivity index (χ3n) is 8.39. The Morgan fingerprint density at radius 1 is 1.20 bits per heavy atom. The molecule has 4 rings (SSSR count). The zero-order valence-electron chi connectivity index (χ0n) is 24.2. The number of likely N-dealkylation sites (N-methyl/N-ethyl adjacent to an activating group) is 1. The number of phenols is 1. The first-order valence-electron chi connectivity index (χ1n) is 13.5. The quantitative estimate of drug-likeness (QED) is 0.245. The molecule has 1 aromatic rings. The number of carbonyl (C=O) groups excluding carboxylic acids is 3. The molecule has 0 aliphatic heterocycles. The Morgan fingerprint density at radius 2 is 1.83 bits per heavy atom. The summed E-state index contributed by atoms with van der Waals surface area (Å²) in [6.45, 7) is 5.60. The van der Waals surface area contributed by atoms with Crippen molar-refractivity contribution in [1.82, 2.24) is 15.1 Å². The molecule has 0 fully saturated rings. The molecule has 12 heteroatoms. The Morgan fingerprint density at radius 3 is 2.39 bits per heavy atom. The van der Waals surface area contributed by atoms with Crippen molar-refractivity contribution in [2.45, 2.75) is 44.9 Å². The fraction of sp³-hybridized carbons (Fsp3) is 0.552. The van der Waals surface area contributed by atoms with Crippen LogP contribution in [0, 0.1) is 23.1 Å². The van der Waals surface area contributed by atoms with Crippen LogP contribution >= 0.6 is 0 Å². The molecule has 0 heterocycles. The van der Waals surface area contributed by atoms with Gasteiger partial charge in [0.15, 0.2) is 11.4 Å². The predicted octanol–water partition coefficient (Wildman–Crippen LogP) is 0.937. The van der Waals surface area contributed by atoms with E-state index in [1.165, 1.54) is 4.90 Å². The van der Waals surface area contributed by atoms with Gasteiger partial charge in [-0.25, -0.2) is 4.39 Å². The van der Waals surface area contributed by atoms with Crippen molar-refractivity contribution < 1.29 is 39.2 Å². The van der Waals surface area contributed by atoms with Gasteiger partial charge in [0.1, 0.15) is 28.7 Å². The Kier molecular flexibility index (Phi) is 7.85. The highest BCUT2D eigenvalue weighted by Crippen LogP contribution is 2.52. The number of nitrogens with zero attached hydrogens (tertiary/aromatic N) is 2. The van der Waals surface area contributed by atoms with Crippen LogP contribution in [-0.4, -0.2) is 101 Å². The van der Waals surface area contributed by atoms with Crippen molar-refractivity contribution in [3.05, 3.63) is 51.2 Å². The Hall–Kier alpha value is -3.32. The van der Waals surface area contributed by atoms with Crippen molar-refractivity contribution in [2.75, 3.05) is 41.3 Å². The maximum absolute atomic E-state index is 15.9. The number of hydrogen-bond donors (Lipinski definition) is 6. The van der Waals surface area contributed by atoms with E-state index in [9.17, 15) is 34.8 Å². The Labute approximate surface area is 238 Å². The molecule has 224 valence electrons. The fourth-order valence-corrected chi connectivity index (χ4v) is 6.93. The number of nitrogens with one attached hydrogen (secondary N) is 1. The van der Waals surface area contributed by atoms with E-state index in [-0.39, 0.29) is 47.1 Å². The summed E-state index contributed by atoms with van der Waals surface area (Å²) in [4.78, 5) is 42.6. The van der Waals surface area contributed by atoms with Gasteiger partial charge in [-0.05, 0) is 58.4 Å². The largest absolute Gasteiger partial charge is 0.510 e. The number of fused-ring (bicyclic) bond motifs is 3. The summed E-state index contributed by atoms with van der Waals surface area (Å²) >= 11 is 0. The molecular weight excluding hydrogens is 535 g/mol. The van der Waals surface area contributed by atoms with Crippen LogP contribution in [0.2, 0.25) is 0 Å². The monoisotopic (exact) mass is 574 g/mol. The molecule has 0 saturated heterocycles. The van der Waals surface area contributed by atoms with Gasteiger partial charge in [0.2, 0.25) is 5.78 Å². The molecule has 3 aliphatic rings. The molecule has 11 nitrogen and oxygen atoms in total. The second kappa shape index (κ2) is 10.5. The number of ketones is 2. The first-order valence-corrected chi connectivity index (χ1v) is 13.5.